The largest absolute Gasteiger partial charge is 0.344 e. The molecule has 2 nitrogen and oxygen atoms in total. The van der Waals surface area contributed by atoms with E-state index in [1.807, 2.05) is 30.3 Å². The van der Waals surface area contributed by atoms with Crippen molar-refractivity contribution in [2.45, 2.75) is 26.6 Å². The van der Waals surface area contributed by atoms with Crippen LogP contribution in [-0.2, 0) is 6.50 Å². The summed E-state index contributed by atoms with van der Waals surface area (Å²) in [6.45, 7) is -4.64. The van der Waals surface area contributed by atoms with Gasteiger partial charge in [-0.2, -0.15) is 0 Å². The second-order valence-corrected chi connectivity index (χ2v) is 5.91. The fourth-order valence-corrected chi connectivity index (χ4v) is 3.41. The van der Waals surface area contributed by atoms with E-state index in [0.29, 0.717) is 10.9 Å². The van der Waals surface area contributed by atoms with Crippen molar-refractivity contribution in [1.82, 2.24) is 4.57 Å². The lowest BCUT2D eigenvalue weighted by atomic mass is 9.95. The quantitative estimate of drug-likeness (QED) is 0.436. The van der Waals surface area contributed by atoms with Gasteiger partial charge in [0.2, 0.25) is 0 Å². The zero-order valence-corrected chi connectivity index (χ0v) is 13.7. The van der Waals surface area contributed by atoms with Gasteiger partial charge in [0, 0.05) is 38.3 Å². The fourth-order valence-electron chi connectivity index (χ4n) is 3.41. The molecule has 0 bridgehead atoms. The SMILES string of the molecule is [2H]C([2H])([2H])C([2H])([2H])C([2H])([2H])n1c(C)c(C(=O)c2cccc3ccccc23)c2ccccc21. The molecule has 4 rings (SSSR count). The van der Waals surface area contributed by atoms with Crippen molar-refractivity contribution >= 4 is 27.5 Å². The zero-order valence-electron chi connectivity index (χ0n) is 20.7. The molecule has 0 amide bonds. The standard InChI is InChI=1S/C23H21NO/c1-3-15-24-16(2)22(20-12-6-7-14-21(20)24)23(25)19-13-8-10-17-9-4-5-11-18(17)19/h4-14H,3,15H2,1-2H3/i1D3,3D2,15D2. The van der Waals surface area contributed by atoms with Crippen LogP contribution in [0.3, 0.4) is 0 Å². The summed E-state index contributed by atoms with van der Waals surface area (Å²) in [5, 5.41) is 2.07. The summed E-state index contributed by atoms with van der Waals surface area (Å²) in [5.74, 6) is -0.334. The highest BCUT2D eigenvalue weighted by molar-refractivity contribution is 6.22. The Morgan fingerprint density at radius 2 is 1.72 bits per heavy atom. The lowest BCUT2D eigenvalue weighted by molar-refractivity contribution is 0.104. The molecule has 0 N–H and O–H groups in total. The van der Waals surface area contributed by atoms with Crippen molar-refractivity contribution in [2.75, 3.05) is 0 Å². The zero-order chi connectivity index (χ0) is 23.5. The lowest BCUT2D eigenvalue weighted by Crippen LogP contribution is -2.06. The van der Waals surface area contributed by atoms with E-state index in [4.69, 9.17) is 9.60 Å². The van der Waals surface area contributed by atoms with Crippen LogP contribution in [0.25, 0.3) is 21.7 Å². The van der Waals surface area contributed by atoms with Gasteiger partial charge in [-0.1, -0.05) is 67.5 Å². The van der Waals surface area contributed by atoms with Gasteiger partial charge in [0.05, 0.1) is 5.56 Å². The lowest BCUT2D eigenvalue weighted by Gasteiger charge is -2.08. The molecule has 3 aromatic carbocycles. The number of aryl methyl sites for hydroxylation is 1. The Morgan fingerprint density at radius 3 is 2.56 bits per heavy atom. The molecule has 0 aliphatic carbocycles. The van der Waals surface area contributed by atoms with Gasteiger partial charge in [0.1, 0.15) is 0 Å². The van der Waals surface area contributed by atoms with E-state index < -0.39 is 19.7 Å². The number of fused-ring (bicyclic) bond motifs is 2. The summed E-state index contributed by atoms with van der Waals surface area (Å²) in [6, 6.07) is 19.4. The number of para-hydroxylation sites is 1. The maximum absolute atomic E-state index is 13.7. The molecule has 0 aliphatic rings. The van der Waals surface area contributed by atoms with Gasteiger partial charge >= 0.3 is 0 Å². The third kappa shape index (κ3) is 2.45. The van der Waals surface area contributed by atoms with E-state index in [0.717, 1.165) is 15.3 Å². The molecule has 0 atom stereocenters. The van der Waals surface area contributed by atoms with Gasteiger partial charge < -0.3 is 4.57 Å². The molecule has 124 valence electrons. The molecule has 25 heavy (non-hydrogen) atoms. The monoisotopic (exact) mass is 334 g/mol. The van der Waals surface area contributed by atoms with Crippen molar-refractivity contribution in [2.24, 2.45) is 0 Å². The molecule has 4 aromatic rings. The van der Waals surface area contributed by atoms with Gasteiger partial charge in [0.25, 0.3) is 0 Å². The highest BCUT2D eigenvalue weighted by atomic mass is 16.1. The molecule has 0 radical (unpaired) electrons. The fraction of sp³-hybridized carbons (Fsp3) is 0.174. The van der Waals surface area contributed by atoms with Gasteiger partial charge in [0.15, 0.2) is 5.78 Å². The molecular weight excluding hydrogens is 306 g/mol. The number of hydrogen-bond acceptors (Lipinski definition) is 1. The van der Waals surface area contributed by atoms with E-state index in [1.54, 1.807) is 36.4 Å². The molecule has 0 fully saturated rings. The van der Waals surface area contributed by atoms with Gasteiger partial charge in [-0.05, 0) is 30.1 Å². The Labute approximate surface area is 157 Å². The van der Waals surface area contributed by atoms with E-state index in [-0.39, 0.29) is 22.6 Å². The second-order valence-electron chi connectivity index (χ2n) is 5.91. The van der Waals surface area contributed by atoms with E-state index in [1.165, 1.54) is 6.92 Å². The molecule has 1 heterocycles. The second kappa shape index (κ2) is 6.21. The maximum atomic E-state index is 13.7. The number of carbonyl (C=O) groups is 1. The van der Waals surface area contributed by atoms with Crippen LogP contribution < -0.4 is 0 Å². The summed E-state index contributed by atoms with van der Waals surface area (Å²) < 4.78 is 57.0. The van der Waals surface area contributed by atoms with Crippen LogP contribution in [0.4, 0.5) is 0 Å². The first-order valence-electron chi connectivity index (χ1n) is 11.5. The van der Waals surface area contributed by atoms with Gasteiger partial charge in [-0.15, -0.1) is 0 Å². The molecule has 1 aromatic heterocycles. The third-order valence-electron chi connectivity index (χ3n) is 4.54. The van der Waals surface area contributed by atoms with Crippen LogP contribution >= 0.6 is 0 Å². The normalized spacial score (nSPS) is 17.1. The molecule has 2 heteroatoms. The minimum Gasteiger partial charge on any atom is -0.344 e. The first kappa shape index (κ1) is 9.57. The number of hydrogen-bond donors (Lipinski definition) is 0. The smallest absolute Gasteiger partial charge is 0.196 e. The minimum atomic E-state index is -3.21. The van der Waals surface area contributed by atoms with Crippen LogP contribution in [0.5, 0.6) is 0 Å². The molecule has 0 spiro atoms. The Bertz CT molecular complexity index is 1350. The Hall–Kier alpha value is -2.87. The van der Waals surface area contributed by atoms with Gasteiger partial charge in [-0.25, -0.2) is 0 Å². The van der Waals surface area contributed by atoms with Crippen molar-refractivity contribution in [3.8, 4) is 0 Å². The molecule has 0 aliphatic heterocycles. The van der Waals surface area contributed by atoms with Crippen molar-refractivity contribution in [1.29, 1.82) is 0 Å². The Morgan fingerprint density at radius 1 is 1.00 bits per heavy atom. The van der Waals surface area contributed by atoms with Crippen molar-refractivity contribution < 1.29 is 14.4 Å². The maximum Gasteiger partial charge on any atom is 0.196 e. The highest BCUT2D eigenvalue weighted by Gasteiger charge is 2.21. The first-order valence-corrected chi connectivity index (χ1v) is 8.02. The Kier molecular flexibility index (Phi) is 2.38. The van der Waals surface area contributed by atoms with Crippen LogP contribution in [0, 0.1) is 6.92 Å². The van der Waals surface area contributed by atoms with Crippen molar-refractivity contribution in [3.63, 3.8) is 0 Å². The minimum absolute atomic E-state index is 0.169. The topological polar surface area (TPSA) is 22.0 Å². The first-order chi connectivity index (χ1) is 14.9. The molecular formula is C23H21NO. The van der Waals surface area contributed by atoms with Crippen LogP contribution in [0.1, 0.15) is 44.4 Å². The van der Waals surface area contributed by atoms with Crippen LogP contribution in [0.2, 0.25) is 0 Å². The molecule has 0 saturated heterocycles. The van der Waals surface area contributed by atoms with Crippen molar-refractivity contribution in [3.05, 3.63) is 83.6 Å². The summed E-state index contributed by atoms with van der Waals surface area (Å²) in [4.78, 5) is 13.7. The average Bonchev–Trinajstić information content (AvgIpc) is 3.04. The Balaban J connectivity index is 2.02. The number of ketones is 1. The van der Waals surface area contributed by atoms with Crippen LogP contribution in [0.15, 0.2) is 66.7 Å². The summed E-state index contributed by atoms with van der Waals surface area (Å²) in [5.41, 5.74) is 1.09. The van der Waals surface area contributed by atoms with Crippen LogP contribution in [-0.4, -0.2) is 10.4 Å². The molecule has 0 saturated carbocycles. The number of aromatic nitrogens is 1. The predicted molar refractivity (Wildman–Crippen MR) is 104 cm³/mol. The summed E-state index contributed by atoms with van der Waals surface area (Å²) in [7, 11) is 0. The van der Waals surface area contributed by atoms with E-state index >= 15 is 0 Å². The van der Waals surface area contributed by atoms with E-state index in [2.05, 4.69) is 0 Å². The molecule has 0 unspecified atom stereocenters. The average molecular weight is 334 g/mol. The number of nitrogens with zero attached hydrogens (tertiary/aromatic N) is 1. The summed E-state index contributed by atoms with van der Waals surface area (Å²) >= 11 is 0. The third-order valence-corrected chi connectivity index (χ3v) is 4.54. The predicted octanol–water partition coefficient (Wildman–Crippen LogP) is 5.74. The highest BCUT2D eigenvalue weighted by Crippen LogP contribution is 2.30. The number of rotatable bonds is 4. The van der Waals surface area contributed by atoms with Gasteiger partial charge in [-0.3, -0.25) is 4.79 Å². The van der Waals surface area contributed by atoms with E-state index in [9.17, 15) is 4.79 Å². The summed E-state index contributed by atoms with van der Waals surface area (Å²) in [6.07, 6.45) is -3.20. The number of carbonyl (C=O) groups excluding carboxylic acids is 1. The number of benzene rings is 3.